The number of hydrogen-bond donors (Lipinski definition) is 2. The summed E-state index contributed by atoms with van der Waals surface area (Å²) in [5.74, 6) is 1.61. The maximum absolute atomic E-state index is 12.4. The summed E-state index contributed by atoms with van der Waals surface area (Å²) in [6, 6.07) is 3.84. The summed E-state index contributed by atoms with van der Waals surface area (Å²) in [5.41, 5.74) is 0.644. The van der Waals surface area contributed by atoms with E-state index >= 15 is 0 Å². The molecule has 0 aliphatic carbocycles. The van der Waals surface area contributed by atoms with Crippen LogP contribution >= 0.6 is 0 Å². The van der Waals surface area contributed by atoms with Crippen LogP contribution in [0.2, 0.25) is 0 Å². The van der Waals surface area contributed by atoms with E-state index in [4.69, 9.17) is 14.2 Å². The van der Waals surface area contributed by atoms with Crippen LogP contribution in [-0.2, 0) is 4.79 Å². The van der Waals surface area contributed by atoms with Gasteiger partial charge in [-0.2, -0.15) is 0 Å². The van der Waals surface area contributed by atoms with Gasteiger partial charge in [0.1, 0.15) is 0 Å². The zero-order chi connectivity index (χ0) is 16.1. The first-order valence-corrected chi connectivity index (χ1v) is 7.43. The van der Waals surface area contributed by atoms with E-state index in [0.717, 1.165) is 19.4 Å². The smallest absolute Gasteiger partial charge is 0.227 e. The third-order valence-corrected chi connectivity index (χ3v) is 3.93. The van der Waals surface area contributed by atoms with Gasteiger partial charge in [-0.05, 0) is 26.3 Å². The molecule has 1 saturated heterocycles. The molecule has 0 radical (unpaired) electrons. The highest BCUT2D eigenvalue weighted by atomic mass is 16.5. The Labute approximate surface area is 131 Å². The van der Waals surface area contributed by atoms with Gasteiger partial charge in [-0.25, -0.2) is 0 Å². The Morgan fingerprint density at radius 3 is 2.32 bits per heavy atom. The second kappa shape index (κ2) is 7.35. The number of anilines is 1. The number of benzene rings is 1. The lowest BCUT2D eigenvalue weighted by atomic mass is 9.92. The molecule has 1 aromatic rings. The summed E-state index contributed by atoms with van der Waals surface area (Å²) >= 11 is 0. The number of methoxy groups -OCH3 is 3. The summed E-state index contributed by atoms with van der Waals surface area (Å²) in [6.45, 7) is 2.97. The monoisotopic (exact) mass is 308 g/mol. The van der Waals surface area contributed by atoms with Crippen LogP contribution in [0.15, 0.2) is 12.1 Å². The van der Waals surface area contributed by atoms with Crippen LogP contribution in [-0.4, -0.2) is 39.8 Å². The number of ether oxygens (including phenoxy) is 3. The molecule has 2 rings (SSSR count). The van der Waals surface area contributed by atoms with Crippen molar-refractivity contribution in [3.63, 3.8) is 0 Å². The highest BCUT2D eigenvalue weighted by molar-refractivity contribution is 5.93. The fourth-order valence-electron chi connectivity index (χ4n) is 2.77. The third kappa shape index (κ3) is 3.62. The molecule has 0 aromatic heterocycles. The number of carbonyl (C=O) groups is 1. The first-order valence-electron chi connectivity index (χ1n) is 7.43. The zero-order valence-electron chi connectivity index (χ0n) is 13.6. The third-order valence-electron chi connectivity index (χ3n) is 3.93. The van der Waals surface area contributed by atoms with Crippen molar-refractivity contribution in [2.45, 2.75) is 25.8 Å². The van der Waals surface area contributed by atoms with E-state index in [1.54, 1.807) is 33.5 Å². The Morgan fingerprint density at radius 2 is 1.82 bits per heavy atom. The molecule has 1 fully saturated rings. The van der Waals surface area contributed by atoms with Gasteiger partial charge in [-0.3, -0.25) is 4.79 Å². The summed E-state index contributed by atoms with van der Waals surface area (Å²) in [5, 5.41) is 6.30. The Morgan fingerprint density at radius 1 is 1.18 bits per heavy atom. The quantitative estimate of drug-likeness (QED) is 0.871. The molecule has 6 heteroatoms. The highest BCUT2D eigenvalue weighted by Crippen LogP contribution is 2.40. The van der Waals surface area contributed by atoms with Crippen LogP contribution in [0.4, 0.5) is 5.69 Å². The van der Waals surface area contributed by atoms with Crippen LogP contribution in [0.1, 0.15) is 19.8 Å². The second-order valence-corrected chi connectivity index (χ2v) is 5.48. The van der Waals surface area contributed by atoms with Crippen LogP contribution in [0.25, 0.3) is 0 Å². The van der Waals surface area contributed by atoms with Gasteiger partial charge >= 0.3 is 0 Å². The molecule has 1 aliphatic heterocycles. The number of amides is 1. The van der Waals surface area contributed by atoms with Crippen molar-refractivity contribution in [3.05, 3.63) is 12.1 Å². The fraction of sp³-hybridized carbons (Fsp3) is 0.562. The Hall–Kier alpha value is -1.95. The van der Waals surface area contributed by atoms with E-state index in [2.05, 4.69) is 17.6 Å². The topological polar surface area (TPSA) is 68.8 Å². The summed E-state index contributed by atoms with van der Waals surface area (Å²) in [7, 11) is 4.66. The Balaban J connectivity index is 2.16. The molecule has 0 bridgehead atoms. The minimum atomic E-state index is 0.0235. The highest BCUT2D eigenvalue weighted by Gasteiger charge is 2.25. The van der Waals surface area contributed by atoms with E-state index < -0.39 is 0 Å². The van der Waals surface area contributed by atoms with Gasteiger partial charge in [-0.15, -0.1) is 0 Å². The number of piperidine rings is 1. The summed E-state index contributed by atoms with van der Waals surface area (Å²) in [4.78, 5) is 12.4. The first-order chi connectivity index (χ1) is 10.6. The summed E-state index contributed by atoms with van der Waals surface area (Å²) in [6.07, 6.45) is 1.69. The van der Waals surface area contributed by atoms with E-state index in [0.29, 0.717) is 29.0 Å². The van der Waals surface area contributed by atoms with Crippen LogP contribution in [0.5, 0.6) is 17.2 Å². The molecule has 0 saturated carbocycles. The average Bonchev–Trinajstić information content (AvgIpc) is 2.53. The lowest BCUT2D eigenvalue weighted by molar-refractivity contribution is -0.120. The Bertz CT molecular complexity index is 508. The van der Waals surface area contributed by atoms with Crippen molar-refractivity contribution < 1.29 is 19.0 Å². The molecule has 2 atom stereocenters. The van der Waals surface area contributed by atoms with E-state index in [1.807, 2.05) is 0 Å². The minimum Gasteiger partial charge on any atom is -0.493 e. The number of hydrogen-bond acceptors (Lipinski definition) is 5. The molecule has 22 heavy (non-hydrogen) atoms. The maximum atomic E-state index is 12.4. The van der Waals surface area contributed by atoms with Crippen molar-refractivity contribution >= 4 is 11.6 Å². The molecule has 1 heterocycles. The van der Waals surface area contributed by atoms with Gasteiger partial charge in [0.25, 0.3) is 0 Å². The molecular formula is C16H24N2O4. The van der Waals surface area contributed by atoms with Crippen LogP contribution < -0.4 is 24.8 Å². The average molecular weight is 308 g/mol. The molecular weight excluding hydrogens is 284 g/mol. The van der Waals surface area contributed by atoms with Gasteiger partial charge < -0.3 is 24.8 Å². The number of rotatable bonds is 5. The first kappa shape index (κ1) is 16.4. The number of carbonyl (C=O) groups excluding carboxylic acids is 1. The van der Waals surface area contributed by atoms with Crippen LogP contribution in [0, 0.1) is 5.92 Å². The van der Waals surface area contributed by atoms with Crippen molar-refractivity contribution in [1.82, 2.24) is 5.32 Å². The molecule has 1 amide bonds. The lowest BCUT2D eigenvalue weighted by Gasteiger charge is -2.27. The van der Waals surface area contributed by atoms with E-state index in [-0.39, 0.29) is 11.8 Å². The minimum absolute atomic E-state index is 0.0235. The Kier molecular flexibility index (Phi) is 5.49. The van der Waals surface area contributed by atoms with Gasteiger partial charge in [0.2, 0.25) is 11.7 Å². The molecule has 122 valence electrons. The SMILES string of the molecule is COc1cc(NC(=O)[C@H]2CCN[C@@H](C)C2)cc(OC)c1OC. The predicted octanol–water partition coefficient (Wildman–Crippen LogP) is 2.04. The molecule has 0 unspecified atom stereocenters. The molecule has 6 nitrogen and oxygen atoms in total. The van der Waals surface area contributed by atoms with E-state index in [9.17, 15) is 4.79 Å². The van der Waals surface area contributed by atoms with Crippen molar-refractivity contribution in [1.29, 1.82) is 0 Å². The summed E-state index contributed by atoms with van der Waals surface area (Å²) < 4.78 is 15.9. The fourth-order valence-corrected chi connectivity index (χ4v) is 2.77. The van der Waals surface area contributed by atoms with Gasteiger partial charge in [0.05, 0.1) is 21.3 Å². The second-order valence-electron chi connectivity index (χ2n) is 5.48. The van der Waals surface area contributed by atoms with Crippen molar-refractivity contribution in [3.8, 4) is 17.2 Å². The standard InChI is InChI=1S/C16H24N2O4/c1-10-7-11(5-6-17-10)16(19)18-12-8-13(20-2)15(22-4)14(9-12)21-3/h8-11,17H,5-7H2,1-4H3,(H,18,19)/t10-,11-/m0/s1. The maximum Gasteiger partial charge on any atom is 0.227 e. The molecule has 2 N–H and O–H groups in total. The van der Waals surface area contributed by atoms with Crippen molar-refractivity contribution in [2.24, 2.45) is 5.92 Å². The van der Waals surface area contributed by atoms with Gasteiger partial charge in [-0.1, -0.05) is 0 Å². The largest absolute Gasteiger partial charge is 0.493 e. The number of nitrogens with one attached hydrogen (secondary N) is 2. The predicted molar refractivity (Wildman–Crippen MR) is 84.9 cm³/mol. The normalized spacial score (nSPS) is 21.1. The molecule has 1 aromatic carbocycles. The zero-order valence-corrected chi connectivity index (χ0v) is 13.6. The van der Waals surface area contributed by atoms with Gasteiger partial charge in [0, 0.05) is 29.8 Å². The lowest BCUT2D eigenvalue weighted by Crippen LogP contribution is -2.40. The van der Waals surface area contributed by atoms with E-state index in [1.165, 1.54) is 0 Å². The van der Waals surface area contributed by atoms with Gasteiger partial charge in [0.15, 0.2) is 11.5 Å². The van der Waals surface area contributed by atoms with Crippen LogP contribution in [0.3, 0.4) is 0 Å². The molecule has 1 aliphatic rings. The van der Waals surface area contributed by atoms with Crippen molar-refractivity contribution in [2.75, 3.05) is 33.2 Å². The molecule has 0 spiro atoms.